The molecule has 0 bridgehead atoms. The molecule has 0 aliphatic rings. The summed E-state index contributed by atoms with van der Waals surface area (Å²) >= 11 is 0. The van der Waals surface area contributed by atoms with Gasteiger partial charge in [-0.25, -0.2) is 9.50 Å². The van der Waals surface area contributed by atoms with Crippen molar-refractivity contribution < 1.29 is 9.90 Å². The fraction of sp³-hybridized carbons (Fsp3) is 0.462. The van der Waals surface area contributed by atoms with E-state index >= 15 is 0 Å². The second-order valence-electron chi connectivity index (χ2n) is 4.65. The first-order valence-corrected chi connectivity index (χ1v) is 6.32. The van der Waals surface area contributed by atoms with Gasteiger partial charge in [0.25, 0.3) is 0 Å². The van der Waals surface area contributed by atoms with E-state index in [0.717, 1.165) is 17.6 Å². The topological polar surface area (TPSA) is 70.7 Å². The fourth-order valence-electron chi connectivity index (χ4n) is 2.06. The summed E-state index contributed by atoms with van der Waals surface area (Å²) in [5.41, 5.74) is 1.72. The second-order valence-corrected chi connectivity index (χ2v) is 4.65. The Labute approximate surface area is 111 Å². The molecule has 0 spiro atoms. The van der Waals surface area contributed by atoms with Crippen LogP contribution in [0, 0.1) is 6.92 Å². The largest absolute Gasteiger partial charge is 0.480 e. The summed E-state index contributed by atoms with van der Waals surface area (Å²) in [6.45, 7) is 5.87. The van der Waals surface area contributed by atoms with Crippen molar-refractivity contribution in [2.45, 2.75) is 33.2 Å². The van der Waals surface area contributed by atoms with Crippen LogP contribution >= 0.6 is 0 Å². The monoisotopic (exact) mass is 262 g/mol. The van der Waals surface area contributed by atoms with Gasteiger partial charge in [0.15, 0.2) is 5.82 Å². The molecular formula is C13H18N4O2. The molecule has 2 aromatic heterocycles. The van der Waals surface area contributed by atoms with Crippen LogP contribution in [0.1, 0.15) is 26.0 Å². The van der Waals surface area contributed by atoms with E-state index < -0.39 is 5.97 Å². The van der Waals surface area contributed by atoms with E-state index in [1.807, 2.05) is 26.8 Å². The van der Waals surface area contributed by atoms with Gasteiger partial charge in [0.2, 0.25) is 0 Å². The highest BCUT2D eigenvalue weighted by atomic mass is 16.4. The summed E-state index contributed by atoms with van der Waals surface area (Å²) < 4.78 is 1.73. The highest BCUT2D eigenvalue weighted by Crippen LogP contribution is 2.22. The smallest absolute Gasteiger partial charge is 0.323 e. The third-order valence-corrected chi connectivity index (χ3v) is 3.19. The standard InChI is InChI=1S/C13H18N4O2/c1-4-10(3)16(8-12(18)19)13-11-7-9(2)15-17(11)6-5-14-13/h5-7,10H,4,8H2,1-3H3,(H,18,19). The maximum absolute atomic E-state index is 11.1. The lowest BCUT2D eigenvalue weighted by Gasteiger charge is -2.28. The molecule has 0 saturated carbocycles. The fourth-order valence-corrected chi connectivity index (χ4v) is 2.06. The zero-order valence-electron chi connectivity index (χ0n) is 11.4. The van der Waals surface area contributed by atoms with Crippen LogP contribution in [0.2, 0.25) is 0 Å². The maximum Gasteiger partial charge on any atom is 0.323 e. The van der Waals surface area contributed by atoms with Gasteiger partial charge in [0.05, 0.1) is 5.69 Å². The number of aliphatic carboxylic acids is 1. The Hall–Kier alpha value is -2.11. The number of anilines is 1. The van der Waals surface area contributed by atoms with E-state index in [4.69, 9.17) is 5.11 Å². The van der Waals surface area contributed by atoms with Crippen LogP contribution in [0.15, 0.2) is 18.5 Å². The summed E-state index contributed by atoms with van der Waals surface area (Å²) in [7, 11) is 0. The Morgan fingerprint density at radius 1 is 1.58 bits per heavy atom. The number of fused-ring (bicyclic) bond motifs is 1. The van der Waals surface area contributed by atoms with Gasteiger partial charge in [0, 0.05) is 18.4 Å². The van der Waals surface area contributed by atoms with Crippen LogP contribution in [0.25, 0.3) is 5.52 Å². The molecular weight excluding hydrogens is 244 g/mol. The van der Waals surface area contributed by atoms with Crippen molar-refractivity contribution in [2.24, 2.45) is 0 Å². The van der Waals surface area contributed by atoms with Crippen LogP contribution in [0.3, 0.4) is 0 Å². The van der Waals surface area contributed by atoms with E-state index in [-0.39, 0.29) is 12.6 Å². The number of hydrogen-bond acceptors (Lipinski definition) is 4. The number of carbonyl (C=O) groups is 1. The first kappa shape index (κ1) is 13.3. The lowest BCUT2D eigenvalue weighted by molar-refractivity contribution is -0.135. The molecule has 2 aromatic rings. The van der Waals surface area contributed by atoms with Gasteiger partial charge in [0.1, 0.15) is 12.1 Å². The highest BCUT2D eigenvalue weighted by Gasteiger charge is 2.20. The predicted octanol–water partition coefficient (Wildman–Crippen LogP) is 1.73. The third-order valence-electron chi connectivity index (χ3n) is 3.19. The molecule has 1 N–H and O–H groups in total. The van der Waals surface area contributed by atoms with Crippen LogP contribution in [-0.4, -0.2) is 38.3 Å². The normalized spacial score (nSPS) is 12.6. The number of carboxylic acid groups (broad SMARTS) is 1. The molecule has 1 atom stereocenters. The Morgan fingerprint density at radius 3 is 2.95 bits per heavy atom. The molecule has 6 heteroatoms. The van der Waals surface area contributed by atoms with Gasteiger partial charge in [-0.1, -0.05) is 6.92 Å². The molecule has 0 saturated heterocycles. The van der Waals surface area contributed by atoms with Crippen molar-refractivity contribution in [1.29, 1.82) is 0 Å². The summed E-state index contributed by atoms with van der Waals surface area (Å²) in [5.74, 6) is -0.194. The summed E-state index contributed by atoms with van der Waals surface area (Å²) in [5, 5.41) is 13.4. The molecule has 102 valence electrons. The van der Waals surface area contributed by atoms with Gasteiger partial charge in [-0.05, 0) is 26.3 Å². The molecule has 19 heavy (non-hydrogen) atoms. The number of hydrogen-bond donors (Lipinski definition) is 1. The van der Waals surface area contributed by atoms with E-state index in [2.05, 4.69) is 10.1 Å². The van der Waals surface area contributed by atoms with Gasteiger partial charge in [-0.3, -0.25) is 4.79 Å². The van der Waals surface area contributed by atoms with Crippen LogP contribution in [0.4, 0.5) is 5.82 Å². The Kier molecular flexibility index (Phi) is 3.69. The van der Waals surface area contributed by atoms with Crippen LogP contribution in [-0.2, 0) is 4.79 Å². The number of nitrogens with zero attached hydrogens (tertiary/aromatic N) is 4. The second kappa shape index (κ2) is 5.26. The van der Waals surface area contributed by atoms with Gasteiger partial charge in [-0.15, -0.1) is 0 Å². The van der Waals surface area contributed by atoms with Crippen molar-refractivity contribution in [3.63, 3.8) is 0 Å². The third kappa shape index (κ3) is 2.67. The van der Waals surface area contributed by atoms with Crippen molar-refractivity contribution in [3.05, 3.63) is 24.2 Å². The van der Waals surface area contributed by atoms with Crippen LogP contribution in [0.5, 0.6) is 0 Å². The number of aryl methyl sites for hydroxylation is 1. The molecule has 2 rings (SSSR count). The van der Waals surface area contributed by atoms with Gasteiger partial charge < -0.3 is 10.0 Å². The first-order chi connectivity index (χ1) is 9.02. The lowest BCUT2D eigenvalue weighted by atomic mass is 10.2. The zero-order chi connectivity index (χ0) is 14.0. The van der Waals surface area contributed by atoms with Gasteiger partial charge >= 0.3 is 5.97 Å². The van der Waals surface area contributed by atoms with Gasteiger partial charge in [-0.2, -0.15) is 5.10 Å². The molecule has 0 aliphatic carbocycles. The van der Waals surface area contributed by atoms with E-state index in [0.29, 0.717) is 5.82 Å². The average Bonchev–Trinajstić information content (AvgIpc) is 2.74. The van der Waals surface area contributed by atoms with E-state index in [1.165, 1.54) is 0 Å². The molecule has 1 unspecified atom stereocenters. The number of rotatable bonds is 5. The average molecular weight is 262 g/mol. The summed E-state index contributed by atoms with van der Waals surface area (Å²) in [4.78, 5) is 17.2. The summed E-state index contributed by atoms with van der Waals surface area (Å²) in [6.07, 6.45) is 4.26. The molecule has 6 nitrogen and oxygen atoms in total. The highest BCUT2D eigenvalue weighted by molar-refractivity contribution is 5.77. The van der Waals surface area contributed by atoms with E-state index in [9.17, 15) is 4.79 Å². The number of carboxylic acids is 1. The minimum atomic E-state index is -0.861. The van der Waals surface area contributed by atoms with E-state index in [1.54, 1.807) is 21.8 Å². The van der Waals surface area contributed by atoms with Crippen molar-refractivity contribution in [1.82, 2.24) is 14.6 Å². The minimum Gasteiger partial charge on any atom is -0.480 e. The zero-order valence-corrected chi connectivity index (χ0v) is 11.4. The first-order valence-electron chi connectivity index (χ1n) is 6.32. The summed E-state index contributed by atoms with van der Waals surface area (Å²) in [6, 6.07) is 2.02. The quantitative estimate of drug-likeness (QED) is 0.888. The number of aromatic nitrogens is 3. The molecule has 0 amide bonds. The SMILES string of the molecule is CCC(C)N(CC(=O)O)c1nccn2nc(C)cc12. The molecule has 0 aromatic carbocycles. The Morgan fingerprint density at radius 2 is 2.32 bits per heavy atom. The van der Waals surface area contributed by atoms with Crippen molar-refractivity contribution >= 4 is 17.3 Å². The molecule has 0 aliphatic heterocycles. The van der Waals surface area contributed by atoms with Crippen LogP contribution < -0.4 is 4.90 Å². The minimum absolute atomic E-state index is 0.0636. The Bertz CT molecular complexity index is 593. The van der Waals surface area contributed by atoms with Crippen molar-refractivity contribution in [2.75, 3.05) is 11.4 Å². The van der Waals surface area contributed by atoms with Crippen molar-refractivity contribution in [3.8, 4) is 0 Å². The molecule has 0 radical (unpaired) electrons. The molecule has 2 heterocycles. The lowest BCUT2D eigenvalue weighted by Crippen LogP contribution is -2.38. The maximum atomic E-state index is 11.1. The Balaban J connectivity index is 2.51. The molecule has 0 fully saturated rings. The predicted molar refractivity (Wildman–Crippen MR) is 72.5 cm³/mol.